The smallest absolute Gasteiger partial charge is 0.241 e. The summed E-state index contributed by atoms with van der Waals surface area (Å²) in [5, 5.41) is 14.9. The second-order valence-electron chi connectivity index (χ2n) is 5.20. The van der Waals surface area contributed by atoms with Crippen LogP contribution >= 0.6 is 0 Å². The van der Waals surface area contributed by atoms with Crippen LogP contribution in [0.2, 0.25) is 0 Å². The van der Waals surface area contributed by atoms with E-state index in [9.17, 15) is 4.79 Å². The van der Waals surface area contributed by atoms with Gasteiger partial charge in [-0.05, 0) is 43.7 Å². The molecule has 112 valence electrons. The molecule has 2 aromatic rings. The van der Waals surface area contributed by atoms with Gasteiger partial charge in [-0.3, -0.25) is 10.1 Å². The van der Waals surface area contributed by atoms with Crippen LogP contribution in [0.25, 0.3) is 0 Å². The lowest BCUT2D eigenvalue weighted by Gasteiger charge is -2.20. The molecule has 4 heteroatoms. The SMILES string of the molecule is C[C@H](N[C@@H](C)c1ccccc1)C(=O)Nc1ccc(C#N)cc1. The van der Waals surface area contributed by atoms with E-state index in [0.29, 0.717) is 11.3 Å². The van der Waals surface area contributed by atoms with Crippen molar-refractivity contribution in [3.05, 3.63) is 65.7 Å². The molecule has 2 aromatic carbocycles. The van der Waals surface area contributed by atoms with Crippen molar-refractivity contribution in [1.82, 2.24) is 5.32 Å². The fraction of sp³-hybridized carbons (Fsp3) is 0.222. The van der Waals surface area contributed by atoms with E-state index in [-0.39, 0.29) is 18.0 Å². The van der Waals surface area contributed by atoms with Crippen molar-refractivity contribution in [3.8, 4) is 6.07 Å². The highest BCUT2D eigenvalue weighted by Gasteiger charge is 2.16. The second kappa shape index (κ2) is 7.39. The average Bonchev–Trinajstić information content (AvgIpc) is 2.56. The number of amides is 1. The summed E-state index contributed by atoms with van der Waals surface area (Å²) < 4.78 is 0. The Morgan fingerprint density at radius 2 is 1.68 bits per heavy atom. The van der Waals surface area contributed by atoms with Gasteiger partial charge in [0, 0.05) is 11.7 Å². The fourth-order valence-corrected chi connectivity index (χ4v) is 2.17. The molecule has 0 spiro atoms. The van der Waals surface area contributed by atoms with Crippen LogP contribution < -0.4 is 10.6 Å². The number of rotatable bonds is 5. The Bertz CT molecular complexity index is 659. The van der Waals surface area contributed by atoms with Crippen molar-refractivity contribution >= 4 is 11.6 Å². The third kappa shape index (κ3) is 4.18. The zero-order valence-corrected chi connectivity index (χ0v) is 12.7. The molecule has 0 unspecified atom stereocenters. The molecule has 0 saturated heterocycles. The normalized spacial score (nSPS) is 13.0. The first kappa shape index (κ1) is 15.7. The fourth-order valence-electron chi connectivity index (χ4n) is 2.17. The molecule has 0 aliphatic rings. The third-order valence-corrected chi connectivity index (χ3v) is 3.47. The van der Waals surface area contributed by atoms with E-state index in [4.69, 9.17) is 5.26 Å². The van der Waals surface area contributed by atoms with Crippen LogP contribution in [-0.4, -0.2) is 11.9 Å². The highest BCUT2D eigenvalue weighted by Crippen LogP contribution is 2.13. The summed E-state index contributed by atoms with van der Waals surface area (Å²) in [7, 11) is 0. The van der Waals surface area contributed by atoms with Gasteiger partial charge in [0.1, 0.15) is 0 Å². The maximum absolute atomic E-state index is 12.2. The van der Waals surface area contributed by atoms with Gasteiger partial charge >= 0.3 is 0 Å². The number of carbonyl (C=O) groups is 1. The first-order valence-corrected chi connectivity index (χ1v) is 7.22. The topological polar surface area (TPSA) is 64.9 Å². The molecule has 0 saturated carbocycles. The van der Waals surface area contributed by atoms with Crippen molar-refractivity contribution in [2.75, 3.05) is 5.32 Å². The molecular formula is C18H19N3O. The van der Waals surface area contributed by atoms with Gasteiger partial charge < -0.3 is 5.32 Å². The molecule has 0 bridgehead atoms. The summed E-state index contributed by atoms with van der Waals surface area (Å²) in [6.07, 6.45) is 0. The van der Waals surface area contributed by atoms with Crippen molar-refractivity contribution in [2.45, 2.75) is 25.9 Å². The predicted octanol–water partition coefficient (Wildman–Crippen LogP) is 3.24. The van der Waals surface area contributed by atoms with Gasteiger partial charge in [0.2, 0.25) is 5.91 Å². The molecule has 1 amide bonds. The van der Waals surface area contributed by atoms with Gasteiger partial charge in [-0.2, -0.15) is 5.26 Å². The van der Waals surface area contributed by atoms with Gasteiger partial charge in [0.15, 0.2) is 0 Å². The van der Waals surface area contributed by atoms with Crippen LogP contribution in [0.5, 0.6) is 0 Å². The number of anilines is 1. The van der Waals surface area contributed by atoms with Crippen LogP contribution in [0.15, 0.2) is 54.6 Å². The van der Waals surface area contributed by atoms with Gasteiger partial charge in [-0.25, -0.2) is 0 Å². The lowest BCUT2D eigenvalue weighted by atomic mass is 10.1. The molecule has 0 radical (unpaired) electrons. The number of nitrogens with zero attached hydrogens (tertiary/aromatic N) is 1. The molecule has 0 aromatic heterocycles. The predicted molar refractivity (Wildman–Crippen MR) is 87.2 cm³/mol. The Morgan fingerprint density at radius 1 is 1.05 bits per heavy atom. The van der Waals surface area contributed by atoms with E-state index < -0.39 is 0 Å². The molecule has 2 rings (SSSR count). The zero-order valence-electron chi connectivity index (χ0n) is 12.7. The minimum absolute atomic E-state index is 0.0860. The molecule has 22 heavy (non-hydrogen) atoms. The standard InChI is InChI=1S/C18H19N3O/c1-13(16-6-4-3-5-7-16)20-14(2)18(22)21-17-10-8-15(12-19)9-11-17/h3-11,13-14,20H,1-2H3,(H,21,22)/t13-,14-/m0/s1. The average molecular weight is 293 g/mol. The molecule has 2 atom stereocenters. The number of hydrogen-bond donors (Lipinski definition) is 2. The van der Waals surface area contributed by atoms with E-state index in [1.807, 2.05) is 50.2 Å². The quantitative estimate of drug-likeness (QED) is 0.889. The Hall–Kier alpha value is -2.64. The maximum atomic E-state index is 12.2. The summed E-state index contributed by atoms with van der Waals surface area (Å²) >= 11 is 0. The van der Waals surface area contributed by atoms with E-state index in [0.717, 1.165) is 5.56 Å². The van der Waals surface area contributed by atoms with E-state index in [2.05, 4.69) is 10.6 Å². The summed E-state index contributed by atoms with van der Waals surface area (Å²) in [6.45, 7) is 3.86. The third-order valence-electron chi connectivity index (χ3n) is 3.47. The minimum Gasteiger partial charge on any atom is -0.325 e. The largest absolute Gasteiger partial charge is 0.325 e. The van der Waals surface area contributed by atoms with Gasteiger partial charge in [0.25, 0.3) is 0 Å². The zero-order chi connectivity index (χ0) is 15.9. The summed E-state index contributed by atoms with van der Waals surface area (Å²) in [5.41, 5.74) is 2.40. The van der Waals surface area contributed by atoms with Crippen LogP contribution in [-0.2, 0) is 4.79 Å². The van der Waals surface area contributed by atoms with Gasteiger partial charge in [0.05, 0.1) is 17.7 Å². The van der Waals surface area contributed by atoms with Crippen LogP contribution in [0, 0.1) is 11.3 Å². The Balaban J connectivity index is 1.93. The van der Waals surface area contributed by atoms with E-state index >= 15 is 0 Å². The van der Waals surface area contributed by atoms with E-state index in [1.165, 1.54) is 0 Å². The first-order chi connectivity index (χ1) is 10.6. The number of nitrogens with one attached hydrogen (secondary N) is 2. The van der Waals surface area contributed by atoms with Gasteiger partial charge in [-0.1, -0.05) is 30.3 Å². The highest BCUT2D eigenvalue weighted by molar-refractivity contribution is 5.94. The van der Waals surface area contributed by atoms with Crippen molar-refractivity contribution in [1.29, 1.82) is 5.26 Å². The Labute approximate surface area is 130 Å². The number of nitriles is 1. The van der Waals surface area contributed by atoms with Crippen molar-refractivity contribution in [2.24, 2.45) is 0 Å². The summed E-state index contributed by atoms with van der Waals surface area (Å²) in [4.78, 5) is 12.2. The lowest BCUT2D eigenvalue weighted by Crippen LogP contribution is -2.39. The highest BCUT2D eigenvalue weighted by atomic mass is 16.2. The summed E-state index contributed by atoms with van der Waals surface area (Å²) in [6, 6.07) is 18.6. The van der Waals surface area contributed by atoms with E-state index in [1.54, 1.807) is 24.3 Å². The van der Waals surface area contributed by atoms with Gasteiger partial charge in [-0.15, -0.1) is 0 Å². The maximum Gasteiger partial charge on any atom is 0.241 e. The Morgan fingerprint density at radius 3 is 2.27 bits per heavy atom. The molecule has 0 fully saturated rings. The molecule has 2 N–H and O–H groups in total. The number of benzene rings is 2. The number of carbonyl (C=O) groups excluding carboxylic acids is 1. The first-order valence-electron chi connectivity index (χ1n) is 7.22. The van der Waals surface area contributed by atoms with Crippen LogP contribution in [0.1, 0.15) is 31.0 Å². The molecule has 0 aliphatic carbocycles. The molecular weight excluding hydrogens is 274 g/mol. The van der Waals surface area contributed by atoms with Crippen LogP contribution in [0.4, 0.5) is 5.69 Å². The monoisotopic (exact) mass is 293 g/mol. The lowest BCUT2D eigenvalue weighted by molar-refractivity contribution is -0.117. The molecule has 4 nitrogen and oxygen atoms in total. The molecule has 0 aliphatic heterocycles. The Kier molecular flexibility index (Phi) is 5.29. The van der Waals surface area contributed by atoms with Crippen molar-refractivity contribution in [3.63, 3.8) is 0 Å². The van der Waals surface area contributed by atoms with Crippen molar-refractivity contribution < 1.29 is 4.79 Å². The number of hydrogen-bond acceptors (Lipinski definition) is 3. The minimum atomic E-state index is -0.328. The summed E-state index contributed by atoms with van der Waals surface area (Å²) in [5.74, 6) is -0.104. The molecule has 0 heterocycles. The second-order valence-corrected chi connectivity index (χ2v) is 5.20. The van der Waals surface area contributed by atoms with Crippen LogP contribution in [0.3, 0.4) is 0 Å².